The Morgan fingerprint density at radius 2 is 1.82 bits per heavy atom. The molecule has 0 radical (unpaired) electrons. The van der Waals surface area contributed by atoms with Crippen LogP contribution in [0.25, 0.3) is 16.7 Å². The molecule has 2 rings (SSSR count). The van der Waals surface area contributed by atoms with Gasteiger partial charge in [0.25, 0.3) is 5.69 Å². The third-order valence-electron chi connectivity index (χ3n) is 3.20. The summed E-state index contributed by atoms with van der Waals surface area (Å²) in [7, 11) is 0. The molecular weight excluding hydrogens is 298 g/mol. The van der Waals surface area contributed by atoms with Gasteiger partial charge < -0.3 is 0 Å². The summed E-state index contributed by atoms with van der Waals surface area (Å²) in [6.45, 7) is 7.43. The normalized spacial score (nSPS) is 11.0. The molecule has 2 aromatic rings. The molecule has 0 atom stereocenters. The maximum Gasteiger partial charge on any atom is 0.277 e. The SMILES string of the molecule is C=C/C=C(\C=C)c1ccc(-c2cc(Cl)ccc2[N+](=O)[O-])cc1. The average molecular weight is 312 g/mol. The van der Waals surface area contributed by atoms with Crippen molar-refractivity contribution in [1.82, 2.24) is 0 Å². The number of nitro benzene ring substituents is 1. The highest BCUT2D eigenvalue weighted by atomic mass is 35.5. The number of allylic oxidation sites excluding steroid dienone is 4. The van der Waals surface area contributed by atoms with Crippen LogP contribution in [0.2, 0.25) is 5.02 Å². The van der Waals surface area contributed by atoms with Gasteiger partial charge in [-0.2, -0.15) is 0 Å². The molecule has 0 aliphatic rings. The van der Waals surface area contributed by atoms with Crippen molar-refractivity contribution < 1.29 is 4.92 Å². The van der Waals surface area contributed by atoms with Gasteiger partial charge in [0.15, 0.2) is 0 Å². The van der Waals surface area contributed by atoms with E-state index in [0.717, 1.165) is 16.7 Å². The van der Waals surface area contributed by atoms with E-state index in [-0.39, 0.29) is 5.69 Å². The monoisotopic (exact) mass is 311 g/mol. The van der Waals surface area contributed by atoms with Crippen molar-refractivity contribution in [3.63, 3.8) is 0 Å². The molecule has 0 heterocycles. The molecule has 0 spiro atoms. The number of rotatable bonds is 5. The molecule has 3 nitrogen and oxygen atoms in total. The van der Waals surface area contributed by atoms with Crippen molar-refractivity contribution in [2.75, 3.05) is 0 Å². The molecule has 0 aromatic heterocycles. The Bertz CT molecular complexity index is 761. The summed E-state index contributed by atoms with van der Waals surface area (Å²) < 4.78 is 0. The number of hydrogen-bond donors (Lipinski definition) is 0. The number of benzene rings is 2. The van der Waals surface area contributed by atoms with Gasteiger partial charge in [0.1, 0.15) is 0 Å². The zero-order valence-corrected chi connectivity index (χ0v) is 12.6. The summed E-state index contributed by atoms with van der Waals surface area (Å²) in [5.74, 6) is 0. The molecule has 0 bridgehead atoms. The predicted molar refractivity (Wildman–Crippen MR) is 91.9 cm³/mol. The maximum atomic E-state index is 11.1. The second-order valence-electron chi connectivity index (χ2n) is 4.56. The lowest BCUT2D eigenvalue weighted by molar-refractivity contribution is -0.384. The Morgan fingerprint density at radius 3 is 2.36 bits per heavy atom. The van der Waals surface area contributed by atoms with Gasteiger partial charge >= 0.3 is 0 Å². The molecule has 0 saturated heterocycles. The lowest BCUT2D eigenvalue weighted by Gasteiger charge is -2.06. The van der Waals surface area contributed by atoms with Gasteiger partial charge in [0.05, 0.1) is 10.5 Å². The first kappa shape index (κ1) is 15.7. The van der Waals surface area contributed by atoms with Crippen molar-refractivity contribution in [3.05, 3.63) is 94.6 Å². The van der Waals surface area contributed by atoms with Crippen LogP contribution in [0.1, 0.15) is 5.56 Å². The largest absolute Gasteiger partial charge is 0.277 e. The lowest BCUT2D eigenvalue weighted by Crippen LogP contribution is -1.92. The van der Waals surface area contributed by atoms with Crippen molar-refractivity contribution in [1.29, 1.82) is 0 Å². The molecule has 110 valence electrons. The molecule has 0 fully saturated rings. The second kappa shape index (κ2) is 6.87. The summed E-state index contributed by atoms with van der Waals surface area (Å²) in [5, 5.41) is 11.6. The van der Waals surface area contributed by atoms with Crippen LogP contribution in [0.15, 0.2) is 73.9 Å². The van der Waals surface area contributed by atoms with Crippen LogP contribution >= 0.6 is 11.6 Å². The number of hydrogen-bond acceptors (Lipinski definition) is 2. The zero-order chi connectivity index (χ0) is 16.1. The molecule has 0 amide bonds. The maximum absolute atomic E-state index is 11.1. The van der Waals surface area contributed by atoms with Crippen LogP contribution < -0.4 is 0 Å². The van der Waals surface area contributed by atoms with E-state index < -0.39 is 4.92 Å². The van der Waals surface area contributed by atoms with Gasteiger partial charge in [0, 0.05) is 11.1 Å². The van der Waals surface area contributed by atoms with Gasteiger partial charge in [-0.25, -0.2) is 0 Å². The third-order valence-corrected chi connectivity index (χ3v) is 3.44. The molecule has 0 unspecified atom stereocenters. The van der Waals surface area contributed by atoms with E-state index in [9.17, 15) is 10.1 Å². The molecule has 22 heavy (non-hydrogen) atoms. The van der Waals surface area contributed by atoms with Gasteiger partial charge in [-0.05, 0) is 28.8 Å². The Kier molecular flexibility index (Phi) is 4.92. The van der Waals surface area contributed by atoms with Crippen molar-refractivity contribution >= 4 is 22.9 Å². The standard InChI is InChI=1S/C18H14ClNO2/c1-3-5-13(4-2)14-6-8-15(9-7-14)17-12-16(19)10-11-18(17)20(21)22/h3-12H,1-2H2/b13-5+. The number of halogens is 1. The number of nitrogens with zero attached hydrogens (tertiary/aromatic N) is 1. The summed E-state index contributed by atoms with van der Waals surface area (Å²) in [6.07, 6.45) is 5.27. The second-order valence-corrected chi connectivity index (χ2v) is 4.99. The predicted octanol–water partition coefficient (Wildman–Crippen LogP) is 5.67. The molecule has 0 saturated carbocycles. The first-order valence-electron chi connectivity index (χ1n) is 6.56. The molecule has 0 aliphatic heterocycles. The van der Waals surface area contributed by atoms with Crippen LogP contribution in [0.5, 0.6) is 0 Å². The van der Waals surface area contributed by atoms with Gasteiger partial charge in [-0.15, -0.1) is 0 Å². The fourth-order valence-corrected chi connectivity index (χ4v) is 2.32. The highest BCUT2D eigenvalue weighted by Crippen LogP contribution is 2.33. The quantitative estimate of drug-likeness (QED) is 0.405. The fourth-order valence-electron chi connectivity index (χ4n) is 2.15. The molecule has 0 N–H and O–H groups in total. The van der Waals surface area contributed by atoms with Crippen molar-refractivity contribution in [2.24, 2.45) is 0 Å². The minimum absolute atomic E-state index is 0.0303. The average Bonchev–Trinajstić information content (AvgIpc) is 2.52. The zero-order valence-electron chi connectivity index (χ0n) is 11.8. The van der Waals surface area contributed by atoms with E-state index in [4.69, 9.17) is 11.6 Å². The minimum atomic E-state index is -0.410. The van der Waals surface area contributed by atoms with Crippen molar-refractivity contribution in [2.45, 2.75) is 0 Å². The highest BCUT2D eigenvalue weighted by molar-refractivity contribution is 6.31. The topological polar surface area (TPSA) is 43.1 Å². The highest BCUT2D eigenvalue weighted by Gasteiger charge is 2.15. The Balaban J connectivity index is 2.49. The van der Waals surface area contributed by atoms with Crippen LogP contribution in [0.3, 0.4) is 0 Å². The minimum Gasteiger partial charge on any atom is -0.258 e. The van der Waals surface area contributed by atoms with E-state index in [1.54, 1.807) is 18.2 Å². The molecule has 4 heteroatoms. The van der Waals surface area contributed by atoms with Gasteiger partial charge in [0.2, 0.25) is 0 Å². The van der Waals surface area contributed by atoms with E-state index >= 15 is 0 Å². The molecule has 2 aromatic carbocycles. The summed E-state index contributed by atoms with van der Waals surface area (Å²) >= 11 is 5.96. The lowest BCUT2D eigenvalue weighted by atomic mass is 9.99. The first-order valence-corrected chi connectivity index (χ1v) is 6.94. The van der Waals surface area contributed by atoms with E-state index in [1.807, 2.05) is 30.3 Å². The van der Waals surface area contributed by atoms with Crippen LogP contribution in [-0.2, 0) is 0 Å². The van der Waals surface area contributed by atoms with E-state index in [2.05, 4.69) is 13.2 Å². The smallest absolute Gasteiger partial charge is 0.258 e. The Hall–Kier alpha value is -2.65. The van der Waals surface area contributed by atoms with Gasteiger partial charge in [-0.3, -0.25) is 10.1 Å². The van der Waals surface area contributed by atoms with Crippen LogP contribution in [-0.4, -0.2) is 4.92 Å². The fraction of sp³-hybridized carbons (Fsp3) is 0. The van der Waals surface area contributed by atoms with Crippen LogP contribution in [0, 0.1) is 10.1 Å². The molecular formula is C18H14ClNO2. The third kappa shape index (κ3) is 3.32. The first-order chi connectivity index (χ1) is 10.6. The summed E-state index contributed by atoms with van der Waals surface area (Å²) in [6, 6.07) is 12.0. The Labute approximate surface area is 134 Å². The van der Waals surface area contributed by atoms with E-state index in [1.165, 1.54) is 12.1 Å². The van der Waals surface area contributed by atoms with Crippen LogP contribution in [0.4, 0.5) is 5.69 Å². The Morgan fingerprint density at radius 1 is 1.14 bits per heavy atom. The number of nitro groups is 1. The summed E-state index contributed by atoms with van der Waals surface area (Å²) in [4.78, 5) is 10.7. The summed E-state index contributed by atoms with van der Waals surface area (Å²) in [5.41, 5.74) is 3.16. The molecule has 0 aliphatic carbocycles. The van der Waals surface area contributed by atoms with Gasteiger partial charge in [-0.1, -0.05) is 67.3 Å². The van der Waals surface area contributed by atoms with Crippen molar-refractivity contribution in [3.8, 4) is 11.1 Å². The van der Waals surface area contributed by atoms with E-state index in [0.29, 0.717) is 10.6 Å².